The zero-order valence-electron chi connectivity index (χ0n) is 12.7. The summed E-state index contributed by atoms with van der Waals surface area (Å²) in [6.45, 7) is 4.32. The van der Waals surface area contributed by atoms with E-state index in [9.17, 15) is 4.79 Å². The molecule has 0 radical (unpaired) electrons. The Kier molecular flexibility index (Phi) is 4.80. The van der Waals surface area contributed by atoms with Crippen molar-refractivity contribution in [3.63, 3.8) is 0 Å². The minimum absolute atomic E-state index is 0.0522. The van der Waals surface area contributed by atoms with Gasteiger partial charge in [-0.25, -0.2) is 0 Å². The molecule has 6 heteroatoms. The molecule has 1 aromatic carbocycles. The topological polar surface area (TPSA) is 58.1 Å². The van der Waals surface area contributed by atoms with E-state index in [0.29, 0.717) is 12.5 Å². The summed E-state index contributed by atoms with van der Waals surface area (Å²) in [6, 6.07) is 9.59. The van der Waals surface area contributed by atoms with Crippen molar-refractivity contribution in [3.05, 3.63) is 40.3 Å². The van der Waals surface area contributed by atoms with Crippen LogP contribution in [0.4, 0.5) is 5.69 Å². The van der Waals surface area contributed by atoms with Crippen LogP contribution in [0.2, 0.25) is 0 Å². The predicted molar refractivity (Wildman–Crippen MR) is 88.1 cm³/mol. The van der Waals surface area contributed by atoms with Gasteiger partial charge in [0.05, 0.1) is 6.54 Å². The summed E-state index contributed by atoms with van der Waals surface area (Å²) in [5.41, 5.74) is 0.853. The van der Waals surface area contributed by atoms with Crippen LogP contribution in [0.15, 0.2) is 30.3 Å². The molecule has 1 fully saturated rings. The summed E-state index contributed by atoms with van der Waals surface area (Å²) in [7, 11) is 0. The SMILES string of the molecule is Cc1nnc(C2CCN(CC(=O)Nc3ccccc3)CC2)s1. The van der Waals surface area contributed by atoms with Crippen molar-refractivity contribution in [2.24, 2.45) is 0 Å². The normalized spacial score (nSPS) is 16.6. The summed E-state index contributed by atoms with van der Waals surface area (Å²) in [6.07, 6.45) is 2.10. The highest BCUT2D eigenvalue weighted by molar-refractivity contribution is 7.11. The van der Waals surface area contributed by atoms with Crippen LogP contribution in [0.1, 0.15) is 28.8 Å². The van der Waals surface area contributed by atoms with Crippen molar-refractivity contribution < 1.29 is 4.79 Å². The maximum absolute atomic E-state index is 12.1. The third-order valence-electron chi connectivity index (χ3n) is 3.90. The molecule has 2 heterocycles. The molecule has 5 nitrogen and oxygen atoms in total. The van der Waals surface area contributed by atoms with E-state index in [1.807, 2.05) is 37.3 Å². The molecule has 0 spiro atoms. The van der Waals surface area contributed by atoms with E-state index in [1.54, 1.807) is 11.3 Å². The van der Waals surface area contributed by atoms with E-state index >= 15 is 0 Å². The van der Waals surface area contributed by atoms with Crippen LogP contribution < -0.4 is 5.32 Å². The molecule has 1 aliphatic heterocycles. The fraction of sp³-hybridized carbons (Fsp3) is 0.438. The minimum atomic E-state index is 0.0522. The van der Waals surface area contributed by atoms with Crippen LogP contribution in [0.5, 0.6) is 0 Å². The van der Waals surface area contributed by atoms with Gasteiger partial charge >= 0.3 is 0 Å². The average Bonchev–Trinajstić information content (AvgIpc) is 2.95. The first-order chi connectivity index (χ1) is 10.7. The Morgan fingerprint density at radius 2 is 2.00 bits per heavy atom. The number of para-hydroxylation sites is 1. The van der Waals surface area contributed by atoms with Gasteiger partial charge in [-0.05, 0) is 45.0 Å². The van der Waals surface area contributed by atoms with E-state index in [4.69, 9.17) is 0 Å². The molecule has 116 valence electrons. The number of anilines is 1. The number of hydrogen-bond acceptors (Lipinski definition) is 5. The van der Waals surface area contributed by atoms with Gasteiger partial charge in [0, 0.05) is 11.6 Å². The first-order valence-electron chi connectivity index (χ1n) is 7.58. The molecule has 1 aromatic heterocycles. The Balaban J connectivity index is 1.46. The largest absolute Gasteiger partial charge is 0.325 e. The molecule has 22 heavy (non-hydrogen) atoms. The van der Waals surface area contributed by atoms with Crippen molar-refractivity contribution in [2.45, 2.75) is 25.7 Å². The van der Waals surface area contributed by atoms with Gasteiger partial charge in [0.25, 0.3) is 0 Å². The summed E-state index contributed by atoms with van der Waals surface area (Å²) in [4.78, 5) is 14.3. The first kappa shape index (κ1) is 15.1. The van der Waals surface area contributed by atoms with Gasteiger partial charge in [0.1, 0.15) is 10.0 Å². The van der Waals surface area contributed by atoms with Crippen LogP contribution in [-0.4, -0.2) is 40.6 Å². The number of carbonyl (C=O) groups is 1. The molecule has 1 N–H and O–H groups in total. The van der Waals surface area contributed by atoms with Crippen LogP contribution in [0.3, 0.4) is 0 Å². The lowest BCUT2D eigenvalue weighted by molar-refractivity contribution is -0.117. The van der Waals surface area contributed by atoms with E-state index in [-0.39, 0.29) is 5.91 Å². The van der Waals surface area contributed by atoms with Crippen molar-refractivity contribution in [1.29, 1.82) is 0 Å². The lowest BCUT2D eigenvalue weighted by Crippen LogP contribution is -2.38. The monoisotopic (exact) mass is 316 g/mol. The van der Waals surface area contributed by atoms with Gasteiger partial charge in [-0.3, -0.25) is 9.69 Å². The van der Waals surface area contributed by atoms with E-state index in [0.717, 1.165) is 41.6 Å². The summed E-state index contributed by atoms with van der Waals surface area (Å²) >= 11 is 1.69. The van der Waals surface area contributed by atoms with Crippen molar-refractivity contribution in [2.75, 3.05) is 25.0 Å². The fourth-order valence-electron chi connectivity index (χ4n) is 2.74. The Hall–Kier alpha value is -1.79. The van der Waals surface area contributed by atoms with Crippen molar-refractivity contribution in [3.8, 4) is 0 Å². The zero-order valence-corrected chi connectivity index (χ0v) is 13.5. The quantitative estimate of drug-likeness (QED) is 0.942. The summed E-state index contributed by atoms with van der Waals surface area (Å²) in [5, 5.41) is 13.5. The second-order valence-corrected chi connectivity index (χ2v) is 6.84. The van der Waals surface area contributed by atoms with Gasteiger partial charge in [-0.15, -0.1) is 21.5 Å². The van der Waals surface area contributed by atoms with Gasteiger partial charge in [-0.2, -0.15) is 0 Å². The van der Waals surface area contributed by atoms with Crippen LogP contribution in [0.25, 0.3) is 0 Å². The highest BCUT2D eigenvalue weighted by Crippen LogP contribution is 2.29. The fourth-order valence-corrected chi connectivity index (χ4v) is 3.61. The lowest BCUT2D eigenvalue weighted by Gasteiger charge is -2.30. The Labute approximate surface area is 134 Å². The van der Waals surface area contributed by atoms with Crippen LogP contribution in [-0.2, 0) is 4.79 Å². The predicted octanol–water partition coefficient (Wildman–Crippen LogP) is 2.66. The maximum Gasteiger partial charge on any atom is 0.238 e. The highest BCUT2D eigenvalue weighted by Gasteiger charge is 2.24. The van der Waals surface area contributed by atoms with E-state index < -0.39 is 0 Å². The number of aromatic nitrogens is 2. The molecule has 2 aromatic rings. The second-order valence-electron chi connectivity index (χ2n) is 5.62. The molecule has 3 rings (SSSR count). The number of rotatable bonds is 4. The van der Waals surface area contributed by atoms with Crippen LogP contribution in [0, 0.1) is 6.92 Å². The number of aryl methyl sites for hydroxylation is 1. The molecule has 1 saturated heterocycles. The average molecular weight is 316 g/mol. The number of benzene rings is 1. The maximum atomic E-state index is 12.1. The molecule has 1 aliphatic rings. The third-order valence-corrected chi connectivity index (χ3v) is 4.90. The third kappa shape index (κ3) is 3.90. The molecule has 1 amide bonds. The highest BCUT2D eigenvalue weighted by atomic mass is 32.1. The van der Waals surface area contributed by atoms with Gasteiger partial charge in [0.2, 0.25) is 5.91 Å². The number of amides is 1. The van der Waals surface area contributed by atoms with Crippen molar-refractivity contribution >= 4 is 22.9 Å². The van der Waals surface area contributed by atoms with Crippen molar-refractivity contribution in [1.82, 2.24) is 15.1 Å². The van der Waals surface area contributed by atoms with Gasteiger partial charge in [-0.1, -0.05) is 18.2 Å². The molecule has 0 unspecified atom stereocenters. The summed E-state index contributed by atoms with van der Waals surface area (Å²) < 4.78 is 0. The number of nitrogens with one attached hydrogen (secondary N) is 1. The number of hydrogen-bond donors (Lipinski definition) is 1. The first-order valence-corrected chi connectivity index (χ1v) is 8.39. The Morgan fingerprint density at radius 3 is 2.64 bits per heavy atom. The standard InChI is InChI=1S/C16H20N4OS/c1-12-18-19-16(22-12)13-7-9-20(10-8-13)11-15(21)17-14-5-3-2-4-6-14/h2-6,13H,7-11H2,1H3,(H,17,21). The van der Waals surface area contributed by atoms with Crippen LogP contribution >= 0.6 is 11.3 Å². The Bertz CT molecular complexity index is 620. The molecule has 0 bridgehead atoms. The lowest BCUT2D eigenvalue weighted by atomic mass is 9.98. The van der Waals surface area contributed by atoms with Gasteiger partial charge < -0.3 is 5.32 Å². The molecule has 0 saturated carbocycles. The van der Waals surface area contributed by atoms with E-state index in [2.05, 4.69) is 20.4 Å². The molecule has 0 atom stereocenters. The number of carbonyl (C=O) groups excluding carboxylic acids is 1. The molecular formula is C16H20N4OS. The van der Waals surface area contributed by atoms with Gasteiger partial charge in [0.15, 0.2) is 0 Å². The molecular weight excluding hydrogens is 296 g/mol. The smallest absolute Gasteiger partial charge is 0.238 e. The number of likely N-dealkylation sites (tertiary alicyclic amines) is 1. The zero-order chi connectivity index (χ0) is 15.4. The Morgan fingerprint density at radius 1 is 1.27 bits per heavy atom. The summed E-state index contributed by atoms with van der Waals surface area (Å²) in [5.74, 6) is 0.552. The number of nitrogens with zero attached hydrogens (tertiary/aromatic N) is 3. The van der Waals surface area contributed by atoms with E-state index in [1.165, 1.54) is 0 Å². The second kappa shape index (κ2) is 6.98. The molecule has 0 aliphatic carbocycles. The minimum Gasteiger partial charge on any atom is -0.325 e. The number of piperidine rings is 1.